The molecule has 1 atom stereocenters. The summed E-state index contributed by atoms with van der Waals surface area (Å²) in [6.07, 6.45) is 7.66. The highest BCUT2D eigenvalue weighted by atomic mass is 15.1. The number of hydrogen-bond acceptors (Lipinski definition) is 2. The van der Waals surface area contributed by atoms with Gasteiger partial charge >= 0.3 is 0 Å². The van der Waals surface area contributed by atoms with Crippen molar-refractivity contribution in [2.24, 2.45) is 0 Å². The van der Waals surface area contributed by atoms with E-state index in [2.05, 4.69) is 46.1 Å². The summed E-state index contributed by atoms with van der Waals surface area (Å²) in [4.78, 5) is 4.38. The van der Waals surface area contributed by atoms with Gasteiger partial charge in [-0.25, -0.2) is 4.98 Å². The zero-order valence-electron chi connectivity index (χ0n) is 12.2. The number of aryl methyl sites for hydroxylation is 1. The summed E-state index contributed by atoms with van der Waals surface area (Å²) in [5, 5.41) is 3.50. The Morgan fingerprint density at radius 1 is 1.30 bits per heavy atom. The number of benzene rings is 1. The van der Waals surface area contributed by atoms with Crippen molar-refractivity contribution in [3.63, 3.8) is 0 Å². The summed E-state index contributed by atoms with van der Waals surface area (Å²) in [5.74, 6) is 0.611. The van der Waals surface area contributed by atoms with E-state index in [1.165, 1.54) is 29.7 Å². The number of imidazole rings is 1. The SMILES string of the molecule is CCc1ccccc1Cn1cncc1C1CCCNC1. The molecule has 1 N–H and O–H groups in total. The molecule has 0 bridgehead atoms. The maximum Gasteiger partial charge on any atom is 0.0951 e. The topological polar surface area (TPSA) is 29.9 Å². The number of hydrogen-bond donors (Lipinski definition) is 1. The zero-order chi connectivity index (χ0) is 13.8. The fourth-order valence-corrected chi connectivity index (χ4v) is 3.15. The first-order valence-electron chi connectivity index (χ1n) is 7.66. The first kappa shape index (κ1) is 13.4. The Hall–Kier alpha value is -1.61. The number of nitrogens with zero attached hydrogens (tertiary/aromatic N) is 2. The third-order valence-corrected chi connectivity index (χ3v) is 4.30. The molecule has 3 rings (SSSR count). The lowest BCUT2D eigenvalue weighted by molar-refractivity contribution is 0.444. The van der Waals surface area contributed by atoms with Crippen LogP contribution in [0.5, 0.6) is 0 Å². The molecule has 0 amide bonds. The predicted molar refractivity (Wildman–Crippen MR) is 82.0 cm³/mol. The van der Waals surface area contributed by atoms with Gasteiger partial charge in [-0.15, -0.1) is 0 Å². The van der Waals surface area contributed by atoms with E-state index in [9.17, 15) is 0 Å². The summed E-state index contributed by atoms with van der Waals surface area (Å²) < 4.78 is 2.33. The molecule has 1 aliphatic heterocycles. The smallest absolute Gasteiger partial charge is 0.0951 e. The van der Waals surface area contributed by atoms with Gasteiger partial charge in [-0.2, -0.15) is 0 Å². The average molecular weight is 269 g/mol. The molecule has 3 nitrogen and oxygen atoms in total. The van der Waals surface area contributed by atoms with Crippen LogP contribution in [-0.2, 0) is 13.0 Å². The minimum atomic E-state index is 0.611. The van der Waals surface area contributed by atoms with Gasteiger partial charge in [-0.1, -0.05) is 31.2 Å². The van der Waals surface area contributed by atoms with Gasteiger partial charge in [-0.3, -0.25) is 0 Å². The Balaban J connectivity index is 1.82. The van der Waals surface area contributed by atoms with Crippen LogP contribution >= 0.6 is 0 Å². The van der Waals surface area contributed by atoms with Crippen LogP contribution < -0.4 is 5.32 Å². The molecule has 1 aromatic heterocycles. The second kappa shape index (κ2) is 6.23. The molecule has 106 valence electrons. The Bertz CT molecular complexity index is 553. The first-order valence-corrected chi connectivity index (χ1v) is 7.66. The van der Waals surface area contributed by atoms with Crippen molar-refractivity contribution < 1.29 is 0 Å². The summed E-state index contributed by atoms with van der Waals surface area (Å²) in [6, 6.07) is 8.73. The summed E-state index contributed by atoms with van der Waals surface area (Å²) in [5.41, 5.74) is 4.23. The third kappa shape index (κ3) is 2.78. The van der Waals surface area contributed by atoms with E-state index in [0.717, 1.165) is 26.1 Å². The van der Waals surface area contributed by atoms with Gasteiger partial charge in [0.2, 0.25) is 0 Å². The minimum absolute atomic E-state index is 0.611. The van der Waals surface area contributed by atoms with E-state index < -0.39 is 0 Å². The molecule has 0 aliphatic carbocycles. The normalized spacial score (nSPS) is 19.1. The van der Waals surface area contributed by atoms with E-state index >= 15 is 0 Å². The maximum absolute atomic E-state index is 4.38. The van der Waals surface area contributed by atoms with E-state index in [-0.39, 0.29) is 0 Å². The number of aromatic nitrogens is 2. The molecule has 1 saturated heterocycles. The van der Waals surface area contributed by atoms with Gasteiger partial charge in [-0.05, 0) is 36.9 Å². The van der Waals surface area contributed by atoms with Crippen LogP contribution in [0.1, 0.15) is 42.5 Å². The Morgan fingerprint density at radius 2 is 2.15 bits per heavy atom. The highest BCUT2D eigenvalue weighted by Crippen LogP contribution is 2.24. The first-order chi connectivity index (χ1) is 9.88. The van der Waals surface area contributed by atoms with Crippen molar-refractivity contribution in [1.29, 1.82) is 0 Å². The van der Waals surface area contributed by atoms with Gasteiger partial charge in [0.25, 0.3) is 0 Å². The Morgan fingerprint density at radius 3 is 2.90 bits per heavy atom. The summed E-state index contributed by atoms with van der Waals surface area (Å²) >= 11 is 0. The highest BCUT2D eigenvalue weighted by molar-refractivity contribution is 5.28. The van der Waals surface area contributed by atoms with Crippen molar-refractivity contribution in [2.75, 3.05) is 13.1 Å². The molecule has 1 aliphatic rings. The van der Waals surface area contributed by atoms with Gasteiger partial charge in [0.05, 0.1) is 6.33 Å². The van der Waals surface area contributed by atoms with Crippen molar-refractivity contribution in [3.8, 4) is 0 Å². The highest BCUT2D eigenvalue weighted by Gasteiger charge is 2.18. The Labute approximate surface area is 121 Å². The summed E-state index contributed by atoms with van der Waals surface area (Å²) in [6.45, 7) is 5.40. The van der Waals surface area contributed by atoms with E-state index in [1.807, 2.05) is 12.5 Å². The van der Waals surface area contributed by atoms with E-state index in [0.29, 0.717) is 5.92 Å². The van der Waals surface area contributed by atoms with Crippen LogP contribution in [0.25, 0.3) is 0 Å². The lowest BCUT2D eigenvalue weighted by Crippen LogP contribution is -2.29. The molecule has 1 aromatic carbocycles. The zero-order valence-corrected chi connectivity index (χ0v) is 12.2. The second-order valence-corrected chi connectivity index (χ2v) is 5.61. The second-order valence-electron chi connectivity index (χ2n) is 5.61. The molecule has 0 radical (unpaired) electrons. The maximum atomic E-state index is 4.38. The molecule has 3 heteroatoms. The number of nitrogens with one attached hydrogen (secondary N) is 1. The van der Waals surface area contributed by atoms with Crippen LogP contribution in [0.2, 0.25) is 0 Å². The molecular formula is C17H23N3. The molecule has 20 heavy (non-hydrogen) atoms. The van der Waals surface area contributed by atoms with Crippen molar-refractivity contribution >= 4 is 0 Å². The average Bonchev–Trinajstić information content (AvgIpc) is 2.97. The van der Waals surface area contributed by atoms with Crippen molar-refractivity contribution in [2.45, 2.75) is 38.6 Å². The van der Waals surface area contributed by atoms with Crippen molar-refractivity contribution in [3.05, 3.63) is 53.6 Å². The molecule has 1 fully saturated rings. The van der Waals surface area contributed by atoms with Gasteiger partial charge in [0.15, 0.2) is 0 Å². The lowest BCUT2D eigenvalue weighted by atomic mass is 9.96. The van der Waals surface area contributed by atoms with Crippen LogP contribution in [0.3, 0.4) is 0 Å². The van der Waals surface area contributed by atoms with Crippen LogP contribution in [0.4, 0.5) is 0 Å². The van der Waals surface area contributed by atoms with E-state index in [1.54, 1.807) is 0 Å². The van der Waals surface area contributed by atoms with E-state index in [4.69, 9.17) is 0 Å². The van der Waals surface area contributed by atoms with Gasteiger partial charge < -0.3 is 9.88 Å². The minimum Gasteiger partial charge on any atom is -0.330 e. The number of rotatable bonds is 4. The molecule has 0 saturated carbocycles. The monoisotopic (exact) mass is 269 g/mol. The quantitative estimate of drug-likeness (QED) is 0.925. The van der Waals surface area contributed by atoms with Crippen molar-refractivity contribution in [1.82, 2.24) is 14.9 Å². The van der Waals surface area contributed by atoms with Crippen LogP contribution in [-0.4, -0.2) is 22.6 Å². The van der Waals surface area contributed by atoms with Crippen LogP contribution in [0, 0.1) is 0 Å². The predicted octanol–water partition coefficient (Wildman–Crippen LogP) is 2.96. The molecule has 2 aromatic rings. The fraction of sp³-hybridized carbons (Fsp3) is 0.471. The molecule has 1 unspecified atom stereocenters. The molecule has 0 spiro atoms. The Kier molecular flexibility index (Phi) is 4.16. The lowest BCUT2D eigenvalue weighted by Gasteiger charge is -2.24. The third-order valence-electron chi connectivity index (χ3n) is 4.30. The van der Waals surface area contributed by atoms with Gasteiger partial charge in [0.1, 0.15) is 0 Å². The molecular weight excluding hydrogens is 246 g/mol. The summed E-state index contributed by atoms with van der Waals surface area (Å²) in [7, 11) is 0. The number of piperidine rings is 1. The van der Waals surface area contributed by atoms with Gasteiger partial charge in [0, 0.05) is 30.9 Å². The fourth-order valence-electron chi connectivity index (χ4n) is 3.15. The van der Waals surface area contributed by atoms with Crippen LogP contribution in [0.15, 0.2) is 36.8 Å². The largest absolute Gasteiger partial charge is 0.330 e. The molecule has 2 heterocycles. The standard InChI is InChI=1S/C17H23N3/c1-2-14-6-3-4-7-16(14)12-20-13-19-11-17(20)15-8-5-9-18-10-15/h3-4,6-7,11,13,15,18H,2,5,8-10,12H2,1H3.